The van der Waals surface area contributed by atoms with Crippen LogP contribution in [0.5, 0.6) is 0 Å². The van der Waals surface area contributed by atoms with Crippen molar-refractivity contribution in [1.29, 1.82) is 0 Å². The van der Waals surface area contributed by atoms with Crippen LogP contribution in [0.4, 0.5) is 0 Å². The first-order valence-electron chi connectivity index (χ1n) is 6.05. The van der Waals surface area contributed by atoms with Crippen LogP contribution in [-0.2, 0) is 13.5 Å². The average Bonchev–Trinajstić information content (AvgIpc) is 2.58. The number of halogens is 1. The summed E-state index contributed by atoms with van der Waals surface area (Å²) < 4.78 is 1.86. The van der Waals surface area contributed by atoms with Crippen molar-refractivity contribution in [1.82, 2.24) is 14.8 Å². The predicted molar refractivity (Wildman–Crippen MR) is 78.7 cm³/mol. The third-order valence-corrected chi connectivity index (χ3v) is 4.37. The standard InChI is InChI=1S/C13H17ClN4S/c1-8(15)7-10-9(2)17-18(3)13(10)19-12-11(14)5-4-6-16-12/h4-6,8H,7,15H2,1-3H3. The molecule has 0 aliphatic rings. The number of nitrogens with two attached hydrogens (primary N) is 1. The van der Waals surface area contributed by atoms with E-state index < -0.39 is 0 Å². The summed E-state index contributed by atoms with van der Waals surface area (Å²) in [7, 11) is 1.93. The molecule has 0 aliphatic carbocycles. The van der Waals surface area contributed by atoms with Gasteiger partial charge in [0, 0.05) is 24.8 Å². The van der Waals surface area contributed by atoms with Crippen molar-refractivity contribution in [3.05, 3.63) is 34.6 Å². The number of pyridine rings is 1. The fourth-order valence-corrected chi connectivity index (χ4v) is 3.13. The van der Waals surface area contributed by atoms with Crippen molar-refractivity contribution < 1.29 is 0 Å². The van der Waals surface area contributed by atoms with Crippen LogP contribution in [0.2, 0.25) is 5.02 Å². The highest BCUT2D eigenvalue weighted by atomic mass is 35.5. The molecule has 2 aromatic rings. The summed E-state index contributed by atoms with van der Waals surface area (Å²) in [5.41, 5.74) is 8.09. The molecule has 1 atom stereocenters. The molecule has 0 radical (unpaired) electrons. The number of hydrogen-bond acceptors (Lipinski definition) is 4. The Morgan fingerprint density at radius 1 is 1.53 bits per heavy atom. The number of nitrogens with zero attached hydrogens (tertiary/aromatic N) is 3. The Kier molecular flexibility index (Phi) is 4.50. The van der Waals surface area contributed by atoms with Crippen molar-refractivity contribution >= 4 is 23.4 Å². The van der Waals surface area contributed by atoms with Crippen LogP contribution in [0, 0.1) is 6.92 Å². The number of aromatic nitrogens is 3. The zero-order valence-electron chi connectivity index (χ0n) is 11.2. The zero-order chi connectivity index (χ0) is 14.0. The molecule has 0 amide bonds. The Labute approximate surface area is 122 Å². The molecule has 0 aliphatic heterocycles. The van der Waals surface area contributed by atoms with E-state index in [4.69, 9.17) is 17.3 Å². The first-order chi connectivity index (χ1) is 8.99. The highest BCUT2D eigenvalue weighted by molar-refractivity contribution is 7.99. The van der Waals surface area contributed by atoms with E-state index in [0.29, 0.717) is 5.02 Å². The minimum absolute atomic E-state index is 0.0986. The molecule has 2 N–H and O–H groups in total. The van der Waals surface area contributed by atoms with E-state index in [9.17, 15) is 0 Å². The van der Waals surface area contributed by atoms with Gasteiger partial charge in [0.05, 0.1) is 10.7 Å². The molecule has 102 valence electrons. The molecule has 2 aromatic heterocycles. The lowest BCUT2D eigenvalue weighted by Gasteiger charge is -2.09. The average molecular weight is 297 g/mol. The van der Waals surface area contributed by atoms with Gasteiger partial charge in [0.15, 0.2) is 0 Å². The van der Waals surface area contributed by atoms with Gasteiger partial charge in [-0.05, 0) is 44.2 Å². The summed E-state index contributed by atoms with van der Waals surface area (Å²) >= 11 is 7.69. The monoisotopic (exact) mass is 296 g/mol. The fourth-order valence-electron chi connectivity index (χ4n) is 1.90. The quantitative estimate of drug-likeness (QED) is 0.942. The van der Waals surface area contributed by atoms with Gasteiger partial charge in [-0.15, -0.1) is 0 Å². The summed E-state index contributed by atoms with van der Waals surface area (Å²) in [5, 5.41) is 6.95. The van der Waals surface area contributed by atoms with Crippen molar-refractivity contribution in [2.75, 3.05) is 0 Å². The van der Waals surface area contributed by atoms with Crippen LogP contribution in [0.1, 0.15) is 18.2 Å². The zero-order valence-corrected chi connectivity index (χ0v) is 12.8. The molecule has 1 unspecified atom stereocenters. The molecular weight excluding hydrogens is 280 g/mol. The van der Waals surface area contributed by atoms with Gasteiger partial charge in [-0.2, -0.15) is 5.10 Å². The van der Waals surface area contributed by atoms with E-state index in [2.05, 4.69) is 10.1 Å². The third-order valence-electron chi connectivity index (χ3n) is 2.73. The highest BCUT2D eigenvalue weighted by Gasteiger charge is 2.17. The van der Waals surface area contributed by atoms with Crippen molar-refractivity contribution in [3.8, 4) is 0 Å². The van der Waals surface area contributed by atoms with E-state index >= 15 is 0 Å². The second-order valence-electron chi connectivity index (χ2n) is 4.57. The largest absolute Gasteiger partial charge is 0.328 e. The van der Waals surface area contributed by atoms with Gasteiger partial charge in [-0.1, -0.05) is 11.6 Å². The maximum atomic E-state index is 6.15. The lowest BCUT2D eigenvalue weighted by atomic mass is 10.1. The van der Waals surface area contributed by atoms with Gasteiger partial charge in [-0.3, -0.25) is 4.68 Å². The molecule has 6 heteroatoms. The second kappa shape index (κ2) is 5.94. The maximum Gasteiger partial charge on any atom is 0.121 e. The Balaban J connectivity index is 2.37. The van der Waals surface area contributed by atoms with Gasteiger partial charge in [0.1, 0.15) is 10.1 Å². The normalized spacial score (nSPS) is 12.7. The summed E-state index contributed by atoms with van der Waals surface area (Å²) in [6, 6.07) is 3.76. The van der Waals surface area contributed by atoms with Crippen molar-refractivity contribution in [3.63, 3.8) is 0 Å². The Bertz CT molecular complexity index is 580. The van der Waals surface area contributed by atoms with Gasteiger partial charge in [0.2, 0.25) is 0 Å². The van der Waals surface area contributed by atoms with E-state index in [1.54, 1.807) is 6.20 Å². The maximum absolute atomic E-state index is 6.15. The smallest absolute Gasteiger partial charge is 0.121 e. The topological polar surface area (TPSA) is 56.7 Å². The van der Waals surface area contributed by atoms with Crippen molar-refractivity contribution in [2.24, 2.45) is 12.8 Å². The first-order valence-corrected chi connectivity index (χ1v) is 7.25. The van der Waals surface area contributed by atoms with Crippen LogP contribution in [0.25, 0.3) is 0 Å². The van der Waals surface area contributed by atoms with Gasteiger partial charge < -0.3 is 5.73 Å². The predicted octanol–water partition coefficient (Wildman–Crippen LogP) is 2.82. The van der Waals surface area contributed by atoms with Gasteiger partial charge >= 0.3 is 0 Å². The minimum Gasteiger partial charge on any atom is -0.328 e. The molecule has 0 spiro atoms. The third kappa shape index (κ3) is 3.29. The highest BCUT2D eigenvalue weighted by Crippen LogP contribution is 2.34. The molecule has 2 rings (SSSR count). The summed E-state index contributed by atoms with van der Waals surface area (Å²) in [4.78, 5) is 4.30. The molecule has 0 saturated heterocycles. The van der Waals surface area contributed by atoms with E-state index in [0.717, 1.165) is 22.2 Å². The van der Waals surface area contributed by atoms with E-state index in [1.807, 2.05) is 37.7 Å². The molecule has 0 bridgehead atoms. The van der Waals surface area contributed by atoms with Crippen LogP contribution >= 0.6 is 23.4 Å². The Morgan fingerprint density at radius 3 is 2.89 bits per heavy atom. The van der Waals surface area contributed by atoms with E-state index in [1.165, 1.54) is 17.3 Å². The lowest BCUT2D eigenvalue weighted by Crippen LogP contribution is -2.18. The van der Waals surface area contributed by atoms with Crippen LogP contribution in [0.15, 0.2) is 28.4 Å². The molecule has 19 heavy (non-hydrogen) atoms. The number of aryl methyl sites for hydroxylation is 2. The summed E-state index contributed by atoms with van der Waals surface area (Å²) in [5.74, 6) is 0. The molecular formula is C13H17ClN4S. The van der Waals surface area contributed by atoms with E-state index in [-0.39, 0.29) is 6.04 Å². The van der Waals surface area contributed by atoms with Gasteiger partial charge in [0.25, 0.3) is 0 Å². The number of hydrogen-bond donors (Lipinski definition) is 1. The molecule has 2 heterocycles. The molecule has 0 fully saturated rings. The minimum atomic E-state index is 0.0986. The van der Waals surface area contributed by atoms with Gasteiger partial charge in [-0.25, -0.2) is 4.98 Å². The first kappa shape index (κ1) is 14.4. The summed E-state index contributed by atoms with van der Waals surface area (Å²) in [6.45, 7) is 4.00. The Hall–Kier alpha value is -1.04. The van der Waals surface area contributed by atoms with Crippen LogP contribution in [0.3, 0.4) is 0 Å². The second-order valence-corrected chi connectivity index (χ2v) is 5.95. The fraction of sp³-hybridized carbons (Fsp3) is 0.385. The molecule has 4 nitrogen and oxygen atoms in total. The van der Waals surface area contributed by atoms with Crippen molar-refractivity contribution in [2.45, 2.75) is 36.4 Å². The molecule has 0 aromatic carbocycles. The summed E-state index contributed by atoms with van der Waals surface area (Å²) in [6.07, 6.45) is 2.54. The Morgan fingerprint density at radius 2 is 2.26 bits per heavy atom. The SMILES string of the molecule is Cc1nn(C)c(Sc2ncccc2Cl)c1CC(C)N. The molecule has 0 saturated carbocycles. The number of rotatable bonds is 4. The van der Waals surface area contributed by atoms with Crippen LogP contribution in [-0.4, -0.2) is 20.8 Å². The van der Waals surface area contributed by atoms with Crippen LogP contribution < -0.4 is 5.73 Å². The lowest BCUT2D eigenvalue weighted by molar-refractivity contribution is 0.677.